The molecule has 0 fully saturated rings. The minimum absolute atomic E-state index is 0.128. The fraction of sp³-hybridized carbons (Fsp3) is 1.00. The third kappa shape index (κ3) is 5.46. The summed E-state index contributed by atoms with van der Waals surface area (Å²) in [6.45, 7) is 8.70. The standard InChI is InChI=1S/C7H17F3O3SSi2/c1-6(2,3)15-16(4,5)13-14(11,12)7(8,9)10/h15H2,1-5H3. The maximum Gasteiger partial charge on any atom is 0.522 e. The smallest absolute Gasteiger partial charge is 0.313 e. The third-order valence-corrected chi connectivity index (χ3v) is 13.5. The average molecular weight is 294 g/mol. The fourth-order valence-corrected chi connectivity index (χ4v) is 16.8. The molecule has 0 saturated heterocycles. The zero-order chi connectivity index (χ0) is 13.4. The van der Waals surface area contributed by atoms with Crippen LogP contribution in [0.2, 0.25) is 18.1 Å². The van der Waals surface area contributed by atoms with Crippen LogP contribution in [-0.2, 0) is 14.0 Å². The minimum Gasteiger partial charge on any atom is -0.313 e. The Bertz CT molecular complexity index is 343. The fourth-order valence-electron chi connectivity index (χ4n) is 1.65. The van der Waals surface area contributed by atoms with Gasteiger partial charge in [0.15, 0.2) is 7.83 Å². The van der Waals surface area contributed by atoms with Crippen LogP contribution < -0.4 is 0 Å². The third-order valence-electron chi connectivity index (χ3n) is 1.57. The molecule has 0 aliphatic rings. The molecular formula is C7H17F3O3SSi2. The van der Waals surface area contributed by atoms with Crippen LogP contribution in [0.4, 0.5) is 13.2 Å². The Balaban J connectivity index is 4.87. The maximum atomic E-state index is 12.1. The molecule has 0 amide bonds. The first-order valence-electron chi connectivity index (χ1n) is 4.68. The largest absolute Gasteiger partial charge is 0.522 e. The van der Waals surface area contributed by atoms with Gasteiger partial charge in [-0.2, -0.15) is 21.6 Å². The highest BCUT2D eigenvalue weighted by molar-refractivity contribution is 7.89. The summed E-state index contributed by atoms with van der Waals surface area (Å²) >= 11 is 0. The van der Waals surface area contributed by atoms with E-state index in [9.17, 15) is 21.6 Å². The SMILES string of the molecule is CC(C)(C)[SiH2][Si](C)(C)OS(=O)(=O)C(F)(F)F. The van der Waals surface area contributed by atoms with Gasteiger partial charge in [0.2, 0.25) is 0 Å². The van der Waals surface area contributed by atoms with Crippen LogP contribution in [0.3, 0.4) is 0 Å². The summed E-state index contributed by atoms with van der Waals surface area (Å²) in [6.07, 6.45) is 0. The number of rotatable bonds is 3. The van der Waals surface area contributed by atoms with Gasteiger partial charge in [0.05, 0.1) is 9.04 Å². The molecule has 0 saturated carbocycles. The highest BCUT2D eigenvalue weighted by atomic mass is 32.2. The van der Waals surface area contributed by atoms with Gasteiger partial charge in [0, 0.05) is 0 Å². The molecule has 0 radical (unpaired) electrons. The molecule has 0 aromatic carbocycles. The van der Waals surface area contributed by atoms with Gasteiger partial charge in [0.25, 0.3) is 0 Å². The molecule has 0 aliphatic heterocycles. The lowest BCUT2D eigenvalue weighted by molar-refractivity contribution is -0.0502. The van der Waals surface area contributed by atoms with Crippen molar-refractivity contribution in [2.24, 2.45) is 0 Å². The van der Waals surface area contributed by atoms with Gasteiger partial charge in [-0.3, -0.25) is 0 Å². The average Bonchev–Trinajstić information content (AvgIpc) is 1.72. The highest BCUT2D eigenvalue weighted by Crippen LogP contribution is 2.31. The first-order chi connectivity index (χ1) is 6.66. The summed E-state index contributed by atoms with van der Waals surface area (Å²) in [5, 5.41) is -0.128. The van der Waals surface area contributed by atoms with E-state index in [1.165, 1.54) is 13.1 Å². The summed E-state index contributed by atoms with van der Waals surface area (Å²) in [5.41, 5.74) is -5.32. The molecular weight excluding hydrogens is 277 g/mol. The molecule has 16 heavy (non-hydrogen) atoms. The van der Waals surface area contributed by atoms with Gasteiger partial charge in [0.1, 0.15) is 0 Å². The maximum absolute atomic E-state index is 12.1. The summed E-state index contributed by atoms with van der Waals surface area (Å²) < 4.78 is 62.5. The van der Waals surface area contributed by atoms with E-state index in [4.69, 9.17) is 0 Å². The van der Waals surface area contributed by atoms with E-state index in [-0.39, 0.29) is 5.04 Å². The van der Waals surface area contributed by atoms with Crippen molar-refractivity contribution in [2.45, 2.75) is 44.4 Å². The van der Waals surface area contributed by atoms with Gasteiger partial charge in [-0.15, -0.1) is 0 Å². The lowest BCUT2D eigenvalue weighted by atomic mass is 10.3. The Kier molecular flexibility index (Phi) is 4.46. The van der Waals surface area contributed by atoms with Gasteiger partial charge >= 0.3 is 15.6 Å². The molecule has 0 aliphatic carbocycles. The predicted octanol–water partition coefficient (Wildman–Crippen LogP) is 1.94. The molecule has 0 atom stereocenters. The van der Waals surface area contributed by atoms with Crippen molar-refractivity contribution in [2.75, 3.05) is 0 Å². The summed E-state index contributed by atoms with van der Waals surface area (Å²) in [7, 11) is -9.21. The topological polar surface area (TPSA) is 43.4 Å². The Hall–Kier alpha value is 0.134. The van der Waals surface area contributed by atoms with Crippen molar-refractivity contribution < 1.29 is 25.5 Å². The van der Waals surface area contributed by atoms with Crippen molar-refractivity contribution in [3.05, 3.63) is 0 Å². The first-order valence-corrected chi connectivity index (χ1v) is 12.0. The molecule has 0 N–H and O–H groups in total. The van der Waals surface area contributed by atoms with E-state index in [0.29, 0.717) is 0 Å². The second-order valence-corrected chi connectivity index (χ2v) is 19.7. The molecule has 0 bridgehead atoms. The monoisotopic (exact) mass is 294 g/mol. The van der Waals surface area contributed by atoms with Crippen LogP contribution >= 0.6 is 0 Å². The molecule has 3 nitrogen and oxygen atoms in total. The Morgan fingerprint density at radius 1 is 1.12 bits per heavy atom. The molecule has 9 heteroatoms. The van der Waals surface area contributed by atoms with Crippen molar-refractivity contribution in [1.29, 1.82) is 0 Å². The molecule has 0 heterocycles. The van der Waals surface area contributed by atoms with Crippen molar-refractivity contribution in [3.63, 3.8) is 0 Å². The van der Waals surface area contributed by atoms with Gasteiger partial charge in [-0.05, 0) is 18.1 Å². The van der Waals surface area contributed by atoms with Gasteiger partial charge < -0.3 is 3.87 Å². The second-order valence-electron chi connectivity index (χ2n) is 5.48. The Labute approximate surface area is 97.2 Å². The van der Waals surface area contributed by atoms with Crippen LogP contribution in [-0.4, -0.2) is 30.8 Å². The molecule has 98 valence electrons. The molecule has 0 spiro atoms. The quantitative estimate of drug-likeness (QED) is 0.590. The van der Waals surface area contributed by atoms with Crippen LogP contribution in [0, 0.1) is 0 Å². The second kappa shape index (κ2) is 4.43. The van der Waals surface area contributed by atoms with Gasteiger partial charge in [-0.25, -0.2) is 0 Å². The summed E-state index contributed by atoms with van der Waals surface area (Å²) in [6, 6.07) is 0. The number of hydrogen-bond acceptors (Lipinski definition) is 3. The lowest BCUT2D eigenvalue weighted by Crippen LogP contribution is -2.47. The lowest BCUT2D eigenvalue weighted by Gasteiger charge is -2.29. The van der Waals surface area contributed by atoms with Crippen LogP contribution in [0.5, 0.6) is 0 Å². The normalized spacial score (nSPS) is 16.0. The molecule has 0 aromatic heterocycles. The van der Waals surface area contributed by atoms with Crippen LogP contribution in [0.25, 0.3) is 0 Å². The van der Waals surface area contributed by atoms with Crippen molar-refractivity contribution >= 4 is 27.0 Å². The van der Waals surface area contributed by atoms with E-state index < -0.39 is 32.5 Å². The highest BCUT2D eigenvalue weighted by Gasteiger charge is 2.50. The van der Waals surface area contributed by atoms with E-state index >= 15 is 0 Å². The number of halogens is 3. The van der Waals surface area contributed by atoms with E-state index in [1.807, 2.05) is 20.8 Å². The number of alkyl halides is 3. The van der Waals surface area contributed by atoms with Gasteiger partial charge in [-0.1, -0.05) is 20.8 Å². The van der Waals surface area contributed by atoms with Crippen LogP contribution in [0.1, 0.15) is 20.8 Å². The van der Waals surface area contributed by atoms with Crippen LogP contribution in [0.15, 0.2) is 0 Å². The Morgan fingerprint density at radius 3 is 1.75 bits per heavy atom. The predicted molar refractivity (Wildman–Crippen MR) is 61.8 cm³/mol. The molecule has 0 unspecified atom stereocenters. The summed E-state index contributed by atoms with van der Waals surface area (Å²) in [4.78, 5) is 0. The van der Waals surface area contributed by atoms with Crippen molar-refractivity contribution in [1.82, 2.24) is 0 Å². The zero-order valence-electron chi connectivity index (χ0n) is 9.97. The first kappa shape index (κ1) is 16.1. The zero-order valence-corrected chi connectivity index (χ0v) is 13.2. The molecule has 0 rings (SSSR count). The van der Waals surface area contributed by atoms with E-state index in [1.54, 1.807) is 0 Å². The van der Waals surface area contributed by atoms with E-state index in [0.717, 1.165) is 0 Å². The minimum atomic E-state index is -5.43. The Morgan fingerprint density at radius 2 is 1.50 bits per heavy atom. The van der Waals surface area contributed by atoms with E-state index in [2.05, 4.69) is 3.87 Å². The summed E-state index contributed by atoms with van der Waals surface area (Å²) in [5.74, 6) is 0. The molecule has 0 aromatic rings. The number of hydrogen-bond donors (Lipinski definition) is 0. The van der Waals surface area contributed by atoms with Crippen molar-refractivity contribution in [3.8, 4) is 0 Å².